The number of rotatable bonds is 7. The highest BCUT2D eigenvalue weighted by atomic mass is 16.5. The second-order valence-corrected chi connectivity index (χ2v) is 5.45. The third-order valence-corrected chi connectivity index (χ3v) is 3.77. The number of carbonyl (C=O) groups excluding carboxylic acids is 1. The Bertz CT molecular complexity index is 558. The molecule has 6 nitrogen and oxygen atoms in total. The molecule has 0 aromatic heterocycles. The van der Waals surface area contributed by atoms with Crippen LogP contribution in [0.15, 0.2) is 18.2 Å². The van der Waals surface area contributed by atoms with Gasteiger partial charge in [0, 0.05) is 25.9 Å². The van der Waals surface area contributed by atoms with Crippen molar-refractivity contribution in [3.8, 4) is 11.5 Å². The number of fused-ring (bicyclic) bond motifs is 1. The van der Waals surface area contributed by atoms with E-state index in [1.54, 1.807) is 4.90 Å². The third-order valence-electron chi connectivity index (χ3n) is 3.77. The molecule has 23 heavy (non-hydrogen) atoms. The van der Waals surface area contributed by atoms with Crippen LogP contribution in [0.3, 0.4) is 0 Å². The van der Waals surface area contributed by atoms with Gasteiger partial charge in [-0.3, -0.25) is 9.59 Å². The monoisotopic (exact) mass is 321 g/mol. The van der Waals surface area contributed by atoms with E-state index in [0.717, 1.165) is 23.5 Å². The highest BCUT2D eigenvalue weighted by Crippen LogP contribution is 2.30. The smallest absolute Gasteiger partial charge is 0.305 e. The molecule has 1 N–H and O–H groups in total. The molecule has 1 heterocycles. The van der Waals surface area contributed by atoms with Gasteiger partial charge in [0.25, 0.3) is 0 Å². The van der Waals surface area contributed by atoms with Crippen LogP contribution >= 0.6 is 0 Å². The van der Waals surface area contributed by atoms with Crippen LogP contribution in [0.5, 0.6) is 11.5 Å². The van der Waals surface area contributed by atoms with Crippen LogP contribution < -0.4 is 9.47 Å². The van der Waals surface area contributed by atoms with Gasteiger partial charge in [0.15, 0.2) is 11.5 Å². The molecular formula is C17H23NO5. The summed E-state index contributed by atoms with van der Waals surface area (Å²) in [5.41, 5.74) is 1.01. The Labute approximate surface area is 136 Å². The number of carboxylic acid groups (broad SMARTS) is 1. The van der Waals surface area contributed by atoms with Gasteiger partial charge in [-0.25, -0.2) is 0 Å². The zero-order valence-corrected chi connectivity index (χ0v) is 13.4. The van der Waals surface area contributed by atoms with Crippen LogP contribution in [0.1, 0.15) is 31.7 Å². The second-order valence-electron chi connectivity index (χ2n) is 5.45. The van der Waals surface area contributed by atoms with Crippen molar-refractivity contribution >= 4 is 11.9 Å². The molecule has 0 saturated heterocycles. The Hall–Kier alpha value is -2.24. The quantitative estimate of drug-likeness (QED) is 0.832. The Kier molecular flexibility index (Phi) is 6.26. The zero-order valence-electron chi connectivity index (χ0n) is 13.4. The lowest BCUT2D eigenvalue weighted by Gasteiger charge is -2.20. The first kappa shape index (κ1) is 17.1. The molecule has 0 bridgehead atoms. The van der Waals surface area contributed by atoms with Crippen LogP contribution in [0, 0.1) is 0 Å². The lowest BCUT2D eigenvalue weighted by Crippen LogP contribution is -2.32. The fraction of sp³-hybridized carbons (Fsp3) is 0.529. The molecule has 1 amide bonds. The normalized spacial score (nSPS) is 13.3. The molecule has 0 radical (unpaired) electrons. The molecule has 1 aliphatic heterocycles. The Balaban J connectivity index is 1.90. The highest BCUT2D eigenvalue weighted by Gasteiger charge is 2.15. The highest BCUT2D eigenvalue weighted by molar-refractivity contribution is 5.77. The molecule has 2 rings (SSSR count). The average molecular weight is 321 g/mol. The minimum Gasteiger partial charge on any atom is -0.490 e. The molecule has 0 fully saturated rings. The SMILES string of the molecule is CCN(CCC(=O)O)C(=O)CCc1ccc2c(c1)OCCCO2. The van der Waals surface area contributed by atoms with E-state index in [0.29, 0.717) is 32.6 Å². The summed E-state index contributed by atoms with van der Waals surface area (Å²) in [7, 11) is 0. The summed E-state index contributed by atoms with van der Waals surface area (Å²) in [6.45, 7) is 3.92. The molecule has 0 spiro atoms. The number of benzene rings is 1. The third kappa shape index (κ3) is 5.16. The lowest BCUT2D eigenvalue weighted by atomic mass is 10.1. The molecule has 0 aliphatic carbocycles. The van der Waals surface area contributed by atoms with Gasteiger partial charge in [0.2, 0.25) is 5.91 Å². The van der Waals surface area contributed by atoms with Crippen LogP contribution in [0.2, 0.25) is 0 Å². The average Bonchev–Trinajstić information content (AvgIpc) is 2.78. The number of aliphatic carboxylic acids is 1. The van der Waals surface area contributed by atoms with Crippen molar-refractivity contribution in [2.24, 2.45) is 0 Å². The predicted octanol–water partition coefficient (Wildman–Crippen LogP) is 2.10. The number of hydrogen-bond acceptors (Lipinski definition) is 4. The number of nitrogens with zero attached hydrogens (tertiary/aromatic N) is 1. The summed E-state index contributed by atoms with van der Waals surface area (Å²) in [5.74, 6) is 0.555. The van der Waals surface area contributed by atoms with E-state index in [4.69, 9.17) is 14.6 Å². The van der Waals surface area contributed by atoms with Crippen LogP contribution in [-0.2, 0) is 16.0 Å². The van der Waals surface area contributed by atoms with Crippen LogP contribution in [0.25, 0.3) is 0 Å². The lowest BCUT2D eigenvalue weighted by molar-refractivity contribution is -0.138. The van der Waals surface area contributed by atoms with Gasteiger partial charge in [-0.1, -0.05) is 6.07 Å². The van der Waals surface area contributed by atoms with E-state index in [1.165, 1.54) is 0 Å². The molecule has 126 valence electrons. The summed E-state index contributed by atoms with van der Waals surface area (Å²) in [6.07, 6.45) is 1.79. The van der Waals surface area contributed by atoms with Gasteiger partial charge in [-0.05, 0) is 31.0 Å². The Morgan fingerprint density at radius 2 is 1.91 bits per heavy atom. The molecule has 1 aromatic carbocycles. The van der Waals surface area contributed by atoms with E-state index >= 15 is 0 Å². The standard InChI is InChI=1S/C17H23NO5/c1-2-18(9-8-17(20)21)16(19)7-5-13-4-6-14-15(12-13)23-11-3-10-22-14/h4,6,12H,2-3,5,7-11H2,1H3,(H,20,21). The Morgan fingerprint density at radius 3 is 2.61 bits per heavy atom. The van der Waals surface area contributed by atoms with E-state index in [9.17, 15) is 9.59 Å². The van der Waals surface area contributed by atoms with Crippen molar-refractivity contribution < 1.29 is 24.2 Å². The van der Waals surface area contributed by atoms with E-state index in [2.05, 4.69) is 0 Å². The summed E-state index contributed by atoms with van der Waals surface area (Å²) in [6, 6.07) is 5.73. The van der Waals surface area contributed by atoms with Gasteiger partial charge < -0.3 is 19.5 Å². The number of carboxylic acids is 1. The van der Waals surface area contributed by atoms with Gasteiger partial charge >= 0.3 is 5.97 Å². The zero-order chi connectivity index (χ0) is 16.7. The summed E-state index contributed by atoms with van der Waals surface area (Å²) >= 11 is 0. The molecule has 6 heteroatoms. The summed E-state index contributed by atoms with van der Waals surface area (Å²) < 4.78 is 11.2. The fourth-order valence-corrected chi connectivity index (χ4v) is 2.46. The minimum absolute atomic E-state index is 0.0242. The molecule has 0 saturated carbocycles. The maximum atomic E-state index is 12.2. The fourth-order valence-electron chi connectivity index (χ4n) is 2.46. The Morgan fingerprint density at radius 1 is 1.17 bits per heavy atom. The van der Waals surface area contributed by atoms with Crippen molar-refractivity contribution in [3.05, 3.63) is 23.8 Å². The first-order valence-electron chi connectivity index (χ1n) is 7.98. The van der Waals surface area contributed by atoms with E-state index in [-0.39, 0.29) is 18.9 Å². The van der Waals surface area contributed by atoms with Crippen LogP contribution in [-0.4, -0.2) is 48.2 Å². The van der Waals surface area contributed by atoms with Gasteiger partial charge in [-0.2, -0.15) is 0 Å². The molecular weight excluding hydrogens is 298 g/mol. The molecule has 0 unspecified atom stereocenters. The maximum absolute atomic E-state index is 12.2. The maximum Gasteiger partial charge on any atom is 0.305 e. The van der Waals surface area contributed by atoms with Gasteiger partial charge in [0.05, 0.1) is 19.6 Å². The topological polar surface area (TPSA) is 76.1 Å². The second kappa shape index (κ2) is 8.41. The number of ether oxygens (including phenoxy) is 2. The number of aryl methyl sites for hydroxylation is 1. The van der Waals surface area contributed by atoms with Crippen molar-refractivity contribution in [2.45, 2.75) is 32.6 Å². The number of hydrogen-bond donors (Lipinski definition) is 1. The van der Waals surface area contributed by atoms with Crippen LogP contribution in [0.4, 0.5) is 0 Å². The number of carbonyl (C=O) groups is 2. The van der Waals surface area contributed by atoms with Gasteiger partial charge in [-0.15, -0.1) is 0 Å². The van der Waals surface area contributed by atoms with Crippen molar-refractivity contribution in [1.29, 1.82) is 0 Å². The molecule has 1 aromatic rings. The van der Waals surface area contributed by atoms with Crippen molar-refractivity contribution in [3.63, 3.8) is 0 Å². The summed E-state index contributed by atoms with van der Waals surface area (Å²) in [4.78, 5) is 24.4. The van der Waals surface area contributed by atoms with E-state index < -0.39 is 5.97 Å². The number of amides is 1. The van der Waals surface area contributed by atoms with E-state index in [1.807, 2.05) is 25.1 Å². The largest absolute Gasteiger partial charge is 0.490 e. The first-order valence-corrected chi connectivity index (χ1v) is 7.98. The molecule has 1 aliphatic rings. The minimum atomic E-state index is -0.890. The molecule has 0 atom stereocenters. The van der Waals surface area contributed by atoms with Crippen molar-refractivity contribution in [1.82, 2.24) is 4.90 Å². The predicted molar refractivity (Wildman–Crippen MR) is 84.9 cm³/mol. The summed E-state index contributed by atoms with van der Waals surface area (Å²) in [5, 5.41) is 8.72. The first-order chi connectivity index (χ1) is 11.1. The van der Waals surface area contributed by atoms with Gasteiger partial charge in [0.1, 0.15) is 0 Å². The van der Waals surface area contributed by atoms with Crippen molar-refractivity contribution in [2.75, 3.05) is 26.3 Å².